The first-order valence-electron chi connectivity index (χ1n) is 9.53. The molecule has 0 spiro atoms. The molecule has 160 valence electrons. The van der Waals surface area contributed by atoms with E-state index in [4.69, 9.17) is 0 Å². The third kappa shape index (κ3) is 9.08. The Morgan fingerprint density at radius 1 is 0.571 bits per heavy atom. The summed E-state index contributed by atoms with van der Waals surface area (Å²) in [7, 11) is 0. The lowest BCUT2D eigenvalue weighted by molar-refractivity contribution is 0.588. The second-order valence-electron chi connectivity index (χ2n) is 6.15. The molecule has 2 rings (SSSR count). The fourth-order valence-corrected chi connectivity index (χ4v) is 13.6. The monoisotopic (exact) mass is 546 g/mol. The minimum absolute atomic E-state index is 1.05. The first kappa shape index (κ1) is 26.6. The maximum absolute atomic E-state index is 4.28. The zero-order valence-corrected chi connectivity index (χ0v) is 24.2. The van der Waals surface area contributed by atoms with Crippen molar-refractivity contribution >= 4 is 107 Å². The molecule has 0 bridgehead atoms. The van der Waals surface area contributed by atoms with Gasteiger partial charge in [0.2, 0.25) is 0 Å². The summed E-state index contributed by atoms with van der Waals surface area (Å²) in [5, 5.41) is 0. The van der Waals surface area contributed by atoms with Gasteiger partial charge in [-0.05, 0) is 43.1 Å². The second kappa shape index (κ2) is 16.1. The SMILES string of the molecule is CSC1=C(SC)SC(=C2SC(SC)=C(SCCCCCCCCCCS)S2)S1. The van der Waals surface area contributed by atoms with Gasteiger partial charge in [-0.25, -0.2) is 0 Å². The zero-order valence-electron chi connectivity index (χ0n) is 16.8. The molecule has 0 N–H and O–H groups in total. The van der Waals surface area contributed by atoms with E-state index in [0.29, 0.717) is 0 Å². The predicted molar refractivity (Wildman–Crippen MR) is 155 cm³/mol. The van der Waals surface area contributed by atoms with E-state index < -0.39 is 0 Å². The van der Waals surface area contributed by atoms with Crippen molar-refractivity contribution in [1.29, 1.82) is 0 Å². The number of hydrogen-bond donors (Lipinski definition) is 1. The van der Waals surface area contributed by atoms with E-state index in [1.165, 1.54) is 82.5 Å². The van der Waals surface area contributed by atoms with E-state index in [1.807, 2.05) is 82.3 Å². The van der Waals surface area contributed by atoms with E-state index in [2.05, 4.69) is 43.2 Å². The molecule has 0 saturated heterocycles. The number of hydrogen-bond acceptors (Lipinski definition) is 9. The van der Waals surface area contributed by atoms with Gasteiger partial charge in [0, 0.05) is 0 Å². The van der Waals surface area contributed by atoms with Crippen molar-refractivity contribution in [1.82, 2.24) is 0 Å². The van der Waals surface area contributed by atoms with Crippen molar-refractivity contribution in [3.8, 4) is 0 Å². The van der Waals surface area contributed by atoms with Crippen LogP contribution in [0.5, 0.6) is 0 Å². The van der Waals surface area contributed by atoms with Crippen molar-refractivity contribution in [2.45, 2.75) is 51.4 Å². The molecule has 0 amide bonds. The number of unbranched alkanes of at least 4 members (excludes halogenated alkanes) is 7. The van der Waals surface area contributed by atoms with Crippen molar-refractivity contribution in [2.24, 2.45) is 0 Å². The van der Waals surface area contributed by atoms with Crippen LogP contribution in [-0.2, 0) is 0 Å². The topological polar surface area (TPSA) is 0 Å². The molecule has 2 aliphatic rings. The predicted octanol–water partition coefficient (Wildman–Crippen LogP) is 10.2. The standard InChI is InChI=1S/C19H30S9/c1-21-14-15(22-2)26-18(25-14)19-27-16(23-3)17(28-19)24-13-11-9-7-5-4-6-8-10-12-20/h20H,4-13H2,1-3H3. The van der Waals surface area contributed by atoms with Crippen molar-refractivity contribution in [2.75, 3.05) is 30.3 Å². The maximum Gasteiger partial charge on any atom is 0.0717 e. The lowest BCUT2D eigenvalue weighted by atomic mass is 10.1. The summed E-state index contributed by atoms with van der Waals surface area (Å²) in [6.07, 6.45) is 17.6. The Bertz CT molecular complexity index is 562. The molecule has 0 aromatic carbocycles. The van der Waals surface area contributed by atoms with Crippen LogP contribution in [0.2, 0.25) is 0 Å². The van der Waals surface area contributed by atoms with Crippen LogP contribution >= 0.6 is 107 Å². The fraction of sp³-hybridized carbons (Fsp3) is 0.684. The third-order valence-electron chi connectivity index (χ3n) is 4.08. The van der Waals surface area contributed by atoms with Crippen molar-refractivity contribution in [3.05, 3.63) is 25.4 Å². The van der Waals surface area contributed by atoms with Gasteiger partial charge in [0.05, 0.1) is 25.4 Å². The highest BCUT2D eigenvalue weighted by molar-refractivity contribution is 8.44. The molecule has 9 heteroatoms. The molecule has 0 unspecified atom stereocenters. The van der Waals surface area contributed by atoms with E-state index in [-0.39, 0.29) is 0 Å². The Hall–Kier alpha value is 2.37. The largest absolute Gasteiger partial charge is 0.179 e. The van der Waals surface area contributed by atoms with Gasteiger partial charge in [0.1, 0.15) is 0 Å². The Morgan fingerprint density at radius 3 is 1.43 bits per heavy atom. The van der Waals surface area contributed by atoms with Gasteiger partial charge in [-0.15, -0.1) is 47.0 Å². The number of thiol groups is 1. The lowest BCUT2D eigenvalue weighted by Gasteiger charge is -2.04. The van der Waals surface area contributed by atoms with E-state index in [1.54, 1.807) is 0 Å². The first-order chi connectivity index (χ1) is 13.7. The molecule has 0 fully saturated rings. The van der Waals surface area contributed by atoms with Crippen LogP contribution < -0.4 is 0 Å². The molecule has 0 aromatic heterocycles. The average Bonchev–Trinajstić information content (AvgIpc) is 3.32. The van der Waals surface area contributed by atoms with Crippen molar-refractivity contribution < 1.29 is 0 Å². The van der Waals surface area contributed by atoms with Gasteiger partial charge in [-0.2, -0.15) is 12.6 Å². The second-order valence-corrected chi connectivity index (χ2v) is 15.8. The van der Waals surface area contributed by atoms with E-state index >= 15 is 0 Å². The minimum atomic E-state index is 1.05. The fourth-order valence-electron chi connectivity index (χ4n) is 2.61. The Morgan fingerprint density at radius 2 is 0.964 bits per heavy atom. The highest BCUT2D eigenvalue weighted by atomic mass is 32.3. The van der Waals surface area contributed by atoms with Crippen LogP contribution in [0.4, 0.5) is 0 Å². The summed E-state index contributed by atoms with van der Waals surface area (Å²) < 4.78 is 8.97. The molecular formula is C19H30S9. The molecule has 0 aromatic rings. The molecule has 0 aliphatic carbocycles. The Labute approximate surface area is 211 Å². The van der Waals surface area contributed by atoms with Crippen LogP contribution in [0.3, 0.4) is 0 Å². The smallest absolute Gasteiger partial charge is 0.0717 e. The normalized spacial score (nSPS) is 17.6. The molecule has 28 heavy (non-hydrogen) atoms. The zero-order chi connectivity index (χ0) is 20.2. The van der Waals surface area contributed by atoms with Gasteiger partial charge < -0.3 is 0 Å². The summed E-state index contributed by atoms with van der Waals surface area (Å²) in [5.74, 6) is 2.31. The molecule has 2 heterocycles. The summed E-state index contributed by atoms with van der Waals surface area (Å²) in [4.78, 5) is 0. The summed E-state index contributed by atoms with van der Waals surface area (Å²) in [5.41, 5.74) is 0. The number of rotatable bonds is 14. The molecule has 0 atom stereocenters. The Kier molecular flexibility index (Phi) is 15.3. The van der Waals surface area contributed by atoms with Crippen LogP contribution in [0.15, 0.2) is 25.4 Å². The van der Waals surface area contributed by atoms with Gasteiger partial charge in [0.15, 0.2) is 0 Å². The molecule has 0 nitrogen and oxygen atoms in total. The average molecular weight is 547 g/mol. The van der Waals surface area contributed by atoms with Crippen LogP contribution in [0.1, 0.15) is 51.4 Å². The molecular weight excluding hydrogens is 517 g/mol. The van der Waals surface area contributed by atoms with E-state index in [0.717, 1.165) is 5.75 Å². The van der Waals surface area contributed by atoms with Crippen LogP contribution in [0, 0.1) is 0 Å². The van der Waals surface area contributed by atoms with Gasteiger partial charge in [-0.3, -0.25) is 0 Å². The molecule has 0 saturated carbocycles. The molecule has 0 radical (unpaired) electrons. The minimum Gasteiger partial charge on any atom is -0.179 e. The quantitative estimate of drug-likeness (QED) is 0.167. The van der Waals surface area contributed by atoms with Crippen molar-refractivity contribution in [3.63, 3.8) is 0 Å². The highest BCUT2D eigenvalue weighted by Crippen LogP contribution is 2.65. The lowest BCUT2D eigenvalue weighted by Crippen LogP contribution is -1.84. The number of thioether (sulfide) groups is 8. The Balaban J connectivity index is 1.68. The molecule has 2 aliphatic heterocycles. The van der Waals surface area contributed by atoms with Crippen LogP contribution in [-0.4, -0.2) is 30.3 Å². The van der Waals surface area contributed by atoms with Gasteiger partial charge >= 0.3 is 0 Å². The van der Waals surface area contributed by atoms with Gasteiger partial charge in [-0.1, -0.05) is 85.6 Å². The summed E-state index contributed by atoms with van der Waals surface area (Å²) in [6.45, 7) is 0. The highest BCUT2D eigenvalue weighted by Gasteiger charge is 2.29. The van der Waals surface area contributed by atoms with Crippen LogP contribution in [0.25, 0.3) is 0 Å². The summed E-state index contributed by atoms with van der Waals surface area (Å²) in [6, 6.07) is 0. The first-order valence-corrected chi connectivity index (χ1v) is 18.1. The third-order valence-corrected chi connectivity index (χ3v) is 15.6. The summed E-state index contributed by atoms with van der Waals surface area (Å²) >= 11 is 20.0. The van der Waals surface area contributed by atoms with E-state index in [9.17, 15) is 0 Å². The maximum atomic E-state index is 4.28. The van der Waals surface area contributed by atoms with Gasteiger partial charge in [0.25, 0.3) is 0 Å².